The minimum atomic E-state index is -0.844. The van der Waals surface area contributed by atoms with Gasteiger partial charge in [0.2, 0.25) is 0 Å². The monoisotopic (exact) mass is 281 g/mol. The van der Waals surface area contributed by atoms with E-state index in [1.54, 1.807) is 29.2 Å². The summed E-state index contributed by atoms with van der Waals surface area (Å²) in [5.41, 5.74) is 0.433. The van der Waals surface area contributed by atoms with Gasteiger partial charge in [-0.15, -0.1) is 0 Å². The Labute approximate surface area is 117 Å². The third kappa shape index (κ3) is 3.07. The normalized spacial score (nSPS) is 23.2. The number of hydrogen-bond acceptors (Lipinski definition) is 2. The Balaban J connectivity index is 2.19. The molecule has 4 nitrogen and oxygen atoms in total. The molecule has 102 valence electrons. The number of carboxylic acid groups (broad SMARTS) is 1. The Morgan fingerprint density at radius 2 is 2.00 bits per heavy atom. The lowest BCUT2D eigenvalue weighted by Gasteiger charge is -2.34. The maximum atomic E-state index is 12.4. The molecule has 0 aliphatic carbocycles. The molecule has 2 rings (SSSR count). The Kier molecular flexibility index (Phi) is 4.10. The van der Waals surface area contributed by atoms with Crippen LogP contribution in [-0.4, -0.2) is 35.0 Å². The third-order valence-corrected chi connectivity index (χ3v) is 3.73. The lowest BCUT2D eigenvalue weighted by Crippen LogP contribution is -2.45. The minimum Gasteiger partial charge on any atom is -0.481 e. The molecular weight excluding hydrogens is 266 g/mol. The highest BCUT2D eigenvalue weighted by atomic mass is 35.5. The molecule has 0 radical (unpaired) electrons. The number of amides is 1. The van der Waals surface area contributed by atoms with Crippen LogP contribution in [0.1, 0.15) is 23.7 Å². The molecule has 1 amide bonds. The first-order valence-electron chi connectivity index (χ1n) is 6.25. The average Bonchev–Trinajstić information content (AvgIpc) is 2.37. The van der Waals surface area contributed by atoms with Crippen molar-refractivity contribution in [2.24, 2.45) is 11.8 Å². The van der Waals surface area contributed by atoms with E-state index < -0.39 is 11.9 Å². The second-order valence-electron chi connectivity index (χ2n) is 5.07. The highest BCUT2D eigenvalue weighted by Gasteiger charge is 2.32. The van der Waals surface area contributed by atoms with Crippen molar-refractivity contribution in [2.45, 2.75) is 13.3 Å². The predicted molar refractivity (Wildman–Crippen MR) is 72.3 cm³/mol. The Bertz CT molecular complexity index is 503. The number of carboxylic acids is 1. The number of likely N-dealkylation sites (tertiary alicyclic amines) is 1. The van der Waals surface area contributed by atoms with E-state index in [-0.39, 0.29) is 18.4 Å². The zero-order valence-corrected chi connectivity index (χ0v) is 11.4. The molecule has 1 fully saturated rings. The van der Waals surface area contributed by atoms with Crippen molar-refractivity contribution in [1.29, 1.82) is 0 Å². The molecule has 0 spiro atoms. The maximum Gasteiger partial charge on any atom is 0.308 e. The Hall–Kier alpha value is -1.55. The van der Waals surface area contributed by atoms with E-state index >= 15 is 0 Å². The summed E-state index contributed by atoms with van der Waals surface area (Å²) < 4.78 is 0. The fourth-order valence-electron chi connectivity index (χ4n) is 2.50. The van der Waals surface area contributed by atoms with Gasteiger partial charge in [-0.2, -0.15) is 0 Å². The van der Waals surface area contributed by atoms with E-state index in [0.29, 0.717) is 23.6 Å². The molecular formula is C14H16ClNO3. The van der Waals surface area contributed by atoms with E-state index in [2.05, 4.69) is 0 Å². The summed E-state index contributed by atoms with van der Waals surface area (Å²) in [7, 11) is 0. The molecule has 0 saturated carbocycles. The van der Waals surface area contributed by atoms with Gasteiger partial charge in [-0.1, -0.05) is 30.7 Å². The zero-order chi connectivity index (χ0) is 14.0. The number of aliphatic carboxylic acids is 1. The van der Waals surface area contributed by atoms with Crippen LogP contribution >= 0.6 is 11.6 Å². The van der Waals surface area contributed by atoms with E-state index in [4.69, 9.17) is 16.7 Å². The van der Waals surface area contributed by atoms with Crippen LogP contribution in [0.15, 0.2) is 24.3 Å². The summed E-state index contributed by atoms with van der Waals surface area (Å²) >= 11 is 6.01. The van der Waals surface area contributed by atoms with Gasteiger partial charge in [0.25, 0.3) is 5.91 Å². The van der Waals surface area contributed by atoms with Crippen LogP contribution < -0.4 is 0 Å². The van der Waals surface area contributed by atoms with Crippen LogP contribution in [-0.2, 0) is 4.79 Å². The van der Waals surface area contributed by atoms with Gasteiger partial charge in [0.05, 0.1) is 16.5 Å². The highest BCUT2D eigenvalue weighted by Crippen LogP contribution is 2.25. The van der Waals surface area contributed by atoms with Crippen LogP contribution in [0.3, 0.4) is 0 Å². The van der Waals surface area contributed by atoms with Crippen molar-refractivity contribution in [3.05, 3.63) is 34.9 Å². The number of rotatable bonds is 2. The molecule has 0 bridgehead atoms. The van der Waals surface area contributed by atoms with Gasteiger partial charge >= 0.3 is 5.97 Å². The topological polar surface area (TPSA) is 57.6 Å². The maximum absolute atomic E-state index is 12.4. The van der Waals surface area contributed by atoms with Gasteiger partial charge in [-0.3, -0.25) is 9.59 Å². The van der Waals surface area contributed by atoms with Crippen LogP contribution in [0.5, 0.6) is 0 Å². The second kappa shape index (κ2) is 5.61. The van der Waals surface area contributed by atoms with Crippen molar-refractivity contribution in [3.8, 4) is 0 Å². The quantitative estimate of drug-likeness (QED) is 0.906. The van der Waals surface area contributed by atoms with Crippen LogP contribution in [0, 0.1) is 11.8 Å². The summed E-state index contributed by atoms with van der Waals surface area (Å²) in [6.07, 6.45) is 0.613. The van der Waals surface area contributed by atoms with Gasteiger partial charge in [-0.05, 0) is 24.5 Å². The van der Waals surface area contributed by atoms with Gasteiger partial charge < -0.3 is 10.0 Å². The zero-order valence-electron chi connectivity index (χ0n) is 10.7. The lowest BCUT2D eigenvalue weighted by molar-refractivity contribution is -0.143. The molecule has 1 N–H and O–H groups in total. The van der Waals surface area contributed by atoms with Crippen molar-refractivity contribution < 1.29 is 14.7 Å². The number of hydrogen-bond donors (Lipinski definition) is 1. The first kappa shape index (κ1) is 13.9. The molecule has 19 heavy (non-hydrogen) atoms. The van der Waals surface area contributed by atoms with Gasteiger partial charge in [-0.25, -0.2) is 0 Å². The Morgan fingerprint density at radius 1 is 1.32 bits per heavy atom. The number of benzene rings is 1. The van der Waals surface area contributed by atoms with Gasteiger partial charge in [0, 0.05) is 13.1 Å². The molecule has 0 aromatic heterocycles. The van der Waals surface area contributed by atoms with E-state index in [9.17, 15) is 9.59 Å². The molecule has 1 aromatic rings. The molecule has 2 atom stereocenters. The number of piperidine rings is 1. The van der Waals surface area contributed by atoms with Gasteiger partial charge in [0.15, 0.2) is 0 Å². The predicted octanol–water partition coefficient (Wildman–Crippen LogP) is 2.52. The molecule has 1 saturated heterocycles. The number of nitrogens with zero attached hydrogens (tertiary/aromatic N) is 1. The largest absolute Gasteiger partial charge is 0.481 e. The first-order valence-corrected chi connectivity index (χ1v) is 6.63. The summed E-state index contributed by atoms with van der Waals surface area (Å²) in [5.74, 6) is -1.34. The number of halogens is 1. The fourth-order valence-corrected chi connectivity index (χ4v) is 2.72. The van der Waals surface area contributed by atoms with Crippen molar-refractivity contribution in [3.63, 3.8) is 0 Å². The summed E-state index contributed by atoms with van der Waals surface area (Å²) in [6, 6.07) is 6.84. The van der Waals surface area contributed by atoms with Crippen molar-refractivity contribution >= 4 is 23.5 Å². The minimum absolute atomic E-state index is 0.182. The molecule has 5 heteroatoms. The molecule has 1 aliphatic rings. The van der Waals surface area contributed by atoms with Gasteiger partial charge in [0.1, 0.15) is 0 Å². The summed E-state index contributed by atoms with van der Waals surface area (Å²) in [5, 5.41) is 9.52. The smallest absolute Gasteiger partial charge is 0.308 e. The fraction of sp³-hybridized carbons (Fsp3) is 0.429. The van der Waals surface area contributed by atoms with Crippen molar-refractivity contribution in [2.75, 3.05) is 13.1 Å². The molecule has 1 aromatic carbocycles. The lowest BCUT2D eigenvalue weighted by atomic mass is 9.90. The Morgan fingerprint density at radius 3 is 2.63 bits per heavy atom. The summed E-state index contributed by atoms with van der Waals surface area (Å²) in [6.45, 7) is 2.79. The van der Waals surface area contributed by atoms with Crippen LogP contribution in [0.2, 0.25) is 5.02 Å². The standard InChI is InChI=1S/C14H16ClNO3/c1-9-6-10(14(18)19)8-16(7-9)13(17)11-4-2-3-5-12(11)15/h2-5,9-10H,6-8H2,1H3,(H,18,19). The van der Waals surface area contributed by atoms with Crippen LogP contribution in [0.4, 0.5) is 0 Å². The number of carbonyl (C=O) groups excluding carboxylic acids is 1. The highest BCUT2D eigenvalue weighted by molar-refractivity contribution is 6.33. The summed E-state index contributed by atoms with van der Waals surface area (Å²) in [4.78, 5) is 25.1. The van der Waals surface area contributed by atoms with E-state index in [1.807, 2.05) is 6.92 Å². The molecule has 2 unspecified atom stereocenters. The second-order valence-corrected chi connectivity index (χ2v) is 5.47. The van der Waals surface area contributed by atoms with E-state index in [0.717, 1.165) is 0 Å². The number of carbonyl (C=O) groups is 2. The third-order valence-electron chi connectivity index (χ3n) is 3.40. The van der Waals surface area contributed by atoms with Crippen LogP contribution in [0.25, 0.3) is 0 Å². The average molecular weight is 282 g/mol. The first-order chi connectivity index (χ1) is 8.99. The SMILES string of the molecule is CC1CC(C(=O)O)CN(C(=O)c2ccccc2Cl)C1. The van der Waals surface area contributed by atoms with E-state index in [1.165, 1.54) is 0 Å². The van der Waals surface area contributed by atoms with Crippen molar-refractivity contribution in [1.82, 2.24) is 4.90 Å². The molecule has 1 heterocycles. The molecule has 1 aliphatic heterocycles.